The molecule has 0 radical (unpaired) electrons. The molecule has 0 aliphatic heterocycles. The summed E-state index contributed by atoms with van der Waals surface area (Å²) in [7, 11) is 1.86. The van der Waals surface area contributed by atoms with E-state index in [0.29, 0.717) is 11.6 Å². The Bertz CT molecular complexity index is 328. The molecule has 0 aromatic carbocycles. The molecule has 0 amide bonds. The Labute approximate surface area is 91.0 Å². The van der Waals surface area contributed by atoms with Crippen LogP contribution in [0.4, 0.5) is 0 Å². The number of Topliss-reactive ketones (excluding diaryl/α,β-unsaturated/α-hetero) is 1. The van der Waals surface area contributed by atoms with Gasteiger partial charge in [0.05, 0.1) is 11.8 Å². The second-order valence-electron chi connectivity index (χ2n) is 4.19. The number of aryl methyl sites for hydroxylation is 1. The normalized spacial score (nSPS) is 13.1. The van der Waals surface area contributed by atoms with Crippen LogP contribution in [0.2, 0.25) is 0 Å². The van der Waals surface area contributed by atoms with Gasteiger partial charge in [-0.05, 0) is 25.0 Å². The zero-order valence-corrected chi connectivity index (χ0v) is 9.86. The van der Waals surface area contributed by atoms with Crippen molar-refractivity contribution in [1.82, 2.24) is 4.57 Å². The van der Waals surface area contributed by atoms with E-state index in [1.54, 1.807) is 0 Å². The molecular weight excluding hydrogens is 190 g/mol. The van der Waals surface area contributed by atoms with E-state index in [2.05, 4.69) is 13.8 Å². The number of hydrogen-bond donors (Lipinski definition) is 0. The molecule has 0 bridgehead atoms. The Morgan fingerprint density at radius 3 is 2.60 bits per heavy atom. The Hall–Kier alpha value is -1.09. The van der Waals surface area contributed by atoms with Crippen molar-refractivity contribution in [3.05, 3.63) is 24.0 Å². The minimum atomic E-state index is 0.0370. The van der Waals surface area contributed by atoms with Gasteiger partial charge in [-0.25, -0.2) is 0 Å². The van der Waals surface area contributed by atoms with Crippen molar-refractivity contribution in [1.29, 1.82) is 0 Å². The van der Waals surface area contributed by atoms with E-state index >= 15 is 0 Å². The third-order valence-corrected chi connectivity index (χ3v) is 2.65. The van der Waals surface area contributed by atoms with Gasteiger partial charge in [-0.2, -0.15) is 0 Å². The highest BCUT2D eigenvalue weighted by Gasteiger charge is 2.13. The Kier molecular flexibility index (Phi) is 4.09. The van der Waals surface area contributed by atoms with Gasteiger partial charge in [0.25, 0.3) is 0 Å². The number of rotatable bonds is 5. The molecule has 1 heterocycles. The lowest BCUT2D eigenvalue weighted by molar-refractivity contribution is 0.0332. The zero-order valence-electron chi connectivity index (χ0n) is 9.86. The lowest BCUT2D eigenvalue weighted by Gasteiger charge is -2.15. The Balaban J connectivity index is 2.47. The summed E-state index contributed by atoms with van der Waals surface area (Å²) in [6, 6.07) is 3.67. The average Bonchev–Trinajstić information content (AvgIpc) is 2.60. The van der Waals surface area contributed by atoms with Crippen molar-refractivity contribution in [2.75, 3.05) is 6.61 Å². The Morgan fingerprint density at radius 1 is 1.47 bits per heavy atom. The fourth-order valence-electron chi connectivity index (χ4n) is 1.22. The van der Waals surface area contributed by atoms with Gasteiger partial charge in [-0.15, -0.1) is 0 Å². The molecule has 1 unspecified atom stereocenters. The van der Waals surface area contributed by atoms with Crippen LogP contribution in [0, 0.1) is 5.92 Å². The lowest BCUT2D eigenvalue weighted by atomic mass is 10.1. The largest absolute Gasteiger partial charge is 0.370 e. The van der Waals surface area contributed by atoms with E-state index in [-0.39, 0.29) is 18.5 Å². The van der Waals surface area contributed by atoms with E-state index in [1.165, 1.54) is 0 Å². The highest BCUT2D eigenvalue weighted by atomic mass is 16.5. The molecule has 1 rings (SSSR count). The van der Waals surface area contributed by atoms with Crippen LogP contribution in [0.3, 0.4) is 0 Å². The molecule has 0 saturated heterocycles. The highest BCUT2D eigenvalue weighted by Crippen LogP contribution is 2.07. The molecule has 1 aromatic rings. The molecule has 0 spiro atoms. The lowest BCUT2D eigenvalue weighted by Crippen LogP contribution is -2.21. The first-order chi connectivity index (χ1) is 7.02. The number of aromatic nitrogens is 1. The van der Waals surface area contributed by atoms with Crippen LogP contribution in [-0.4, -0.2) is 23.1 Å². The van der Waals surface area contributed by atoms with Gasteiger partial charge in [0.1, 0.15) is 6.61 Å². The third kappa shape index (κ3) is 3.20. The summed E-state index contributed by atoms with van der Waals surface area (Å²) in [4.78, 5) is 11.7. The van der Waals surface area contributed by atoms with Crippen molar-refractivity contribution in [2.45, 2.75) is 26.9 Å². The fourth-order valence-corrected chi connectivity index (χ4v) is 1.22. The number of ether oxygens (including phenoxy) is 1. The van der Waals surface area contributed by atoms with Gasteiger partial charge >= 0.3 is 0 Å². The van der Waals surface area contributed by atoms with Crippen LogP contribution >= 0.6 is 0 Å². The van der Waals surface area contributed by atoms with E-state index in [1.807, 2.05) is 36.9 Å². The maximum atomic E-state index is 11.7. The summed E-state index contributed by atoms with van der Waals surface area (Å²) in [6.07, 6.45) is 1.98. The molecule has 0 N–H and O–H groups in total. The smallest absolute Gasteiger partial charge is 0.204 e. The fraction of sp³-hybridized carbons (Fsp3) is 0.583. The predicted molar refractivity (Wildman–Crippen MR) is 60.0 cm³/mol. The summed E-state index contributed by atoms with van der Waals surface area (Å²) < 4.78 is 7.29. The molecule has 0 aliphatic carbocycles. The predicted octanol–water partition coefficient (Wildman–Crippen LogP) is 2.27. The third-order valence-electron chi connectivity index (χ3n) is 2.65. The highest BCUT2D eigenvalue weighted by molar-refractivity contribution is 5.95. The maximum Gasteiger partial charge on any atom is 0.204 e. The number of hydrogen-bond acceptors (Lipinski definition) is 2. The molecule has 0 fully saturated rings. The van der Waals surface area contributed by atoms with Crippen LogP contribution in [0.25, 0.3) is 0 Å². The van der Waals surface area contributed by atoms with Crippen molar-refractivity contribution in [2.24, 2.45) is 13.0 Å². The van der Waals surface area contributed by atoms with Crippen LogP contribution in [0.15, 0.2) is 18.3 Å². The van der Waals surface area contributed by atoms with Crippen molar-refractivity contribution in [3.8, 4) is 0 Å². The maximum absolute atomic E-state index is 11.7. The topological polar surface area (TPSA) is 31.2 Å². The van der Waals surface area contributed by atoms with Gasteiger partial charge in [0.2, 0.25) is 5.78 Å². The van der Waals surface area contributed by atoms with E-state index in [4.69, 9.17) is 4.74 Å². The summed E-state index contributed by atoms with van der Waals surface area (Å²) in [6.45, 7) is 6.31. The molecule has 1 atom stereocenters. The monoisotopic (exact) mass is 209 g/mol. The van der Waals surface area contributed by atoms with E-state index in [0.717, 1.165) is 0 Å². The summed E-state index contributed by atoms with van der Waals surface area (Å²) >= 11 is 0. The summed E-state index contributed by atoms with van der Waals surface area (Å²) in [5.74, 6) is 0.473. The molecule has 1 aromatic heterocycles. The molecule has 3 heteroatoms. The molecule has 0 saturated carbocycles. The van der Waals surface area contributed by atoms with Gasteiger partial charge in [0, 0.05) is 13.2 Å². The second-order valence-corrected chi connectivity index (χ2v) is 4.19. The summed E-state index contributed by atoms with van der Waals surface area (Å²) in [5, 5.41) is 0. The van der Waals surface area contributed by atoms with Crippen molar-refractivity contribution >= 4 is 5.78 Å². The minimum absolute atomic E-state index is 0.0370. The van der Waals surface area contributed by atoms with Crippen LogP contribution < -0.4 is 0 Å². The van der Waals surface area contributed by atoms with Gasteiger partial charge in [-0.1, -0.05) is 13.8 Å². The number of ketones is 1. The average molecular weight is 209 g/mol. The summed E-state index contributed by atoms with van der Waals surface area (Å²) in [5.41, 5.74) is 0.700. The quantitative estimate of drug-likeness (QED) is 0.697. The van der Waals surface area contributed by atoms with Gasteiger partial charge < -0.3 is 9.30 Å². The Morgan fingerprint density at radius 2 is 2.13 bits per heavy atom. The van der Waals surface area contributed by atoms with Crippen molar-refractivity contribution < 1.29 is 9.53 Å². The molecule has 15 heavy (non-hydrogen) atoms. The molecule has 84 valence electrons. The van der Waals surface area contributed by atoms with Crippen LogP contribution in [0.1, 0.15) is 31.3 Å². The number of carbonyl (C=O) groups is 1. The van der Waals surface area contributed by atoms with Gasteiger partial charge in [0.15, 0.2) is 0 Å². The van der Waals surface area contributed by atoms with Crippen LogP contribution in [-0.2, 0) is 11.8 Å². The first-order valence-electron chi connectivity index (χ1n) is 5.28. The van der Waals surface area contributed by atoms with Crippen LogP contribution in [0.5, 0.6) is 0 Å². The number of carbonyl (C=O) groups excluding carboxylic acids is 1. The second kappa shape index (κ2) is 5.12. The van der Waals surface area contributed by atoms with E-state index in [9.17, 15) is 4.79 Å². The molecule has 0 aliphatic rings. The first-order valence-corrected chi connectivity index (χ1v) is 5.28. The SMILES string of the molecule is CC(C)C(C)OCC(=O)c1cccn1C. The first kappa shape index (κ1) is 12.0. The molecule has 3 nitrogen and oxygen atoms in total. The minimum Gasteiger partial charge on any atom is -0.370 e. The molecular formula is C12H19NO2. The zero-order chi connectivity index (χ0) is 11.4. The standard InChI is InChI=1S/C12H19NO2/c1-9(2)10(3)15-8-12(14)11-6-5-7-13(11)4/h5-7,9-10H,8H2,1-4H3. The van der Waals surface area contributed by atoms with E-state index < -0.39 is 0 Å². The number of nitrogens with zero attached hydrogens (tertiary/aromatic N) is 1. The van der Waals surface area contributed by atoms with Crippen molar-refractivity contribution in [3.63, 3.8) is 0 Å². The van der Waals surface area contributed by atoms with Gasteiger partial charge in [-0.3, -0.25) is 4.79 Å².